The van der Waals surface area contributed by atoms with Crippen LogP contribution in [-0.2, 0) is 9.84 Å². The number of nitrogens with zero attached hydrogens (tertiary/aromatic N) is 4. The lowest BCUT2D eigenvalue weighted by molar-refractivity contribution is 0.0691. The number of hydrogen-bond acceptors (Lipinski definition) is 6. The first kappa shape index (κ1) is 21.1. The summed E-state index contributed by atoms with van der Waals surface area (Å²) in [6, 6.07) is 18.8. The molecule has 3 heterocycles. The number of hydrogen-bond donors (Lipinski definition) is 1. The van der Waals surface area contributed by atoms with Crippen LogP contribution in [0.4, 0.5) is 5.69 Å². The average Bonchev–Trinajstić information content (AvgIpc) is 3.16. The average molecular weight is 463 g/mol. The summed E-state index contributed by atoms with van der Waals surface area (Å²) in [7, 11) is -2.95. The minimum atomic E-state index is -2.95. The fraction of sp³-hybridized carbons (Fsp3) is 0.208. The van der Waals surface area contributed by atoms with Gasteiger partial charge in [-0.3, -0.25) is 0 Å². The Kier molecular flexibility index (Phi) is 5.13. The SMILES string of the molecule is Cc1nn(-c2ccccc2)c2nc(C(=O)O)cc(-c3ccc(N4CCS(=O)(=O)CC4)cc3)c12. The van der Waals surface area contributed by atoms with Gasteiger partial charge in [-0.25, -0.2) is 22.9 Å². The summed E-state index contributed by atoms with van der Waals surface area (Å²) in [5.74, 6) is -0.804. The van der Waals surface area contributed by atoms with Crippen molar-refractivity contribution in [1.29, 1.82) is 0 Å². The summed E-state index contributed by atoms with van der Waals surface area (Å²) in [5.41, 5.74) is 4.50. The lowest BCUT2D eigenvalue weighted by atomic mass is 10.0. The Hall–Kier alpha value is -3.72. The van der Waals surface area contributed by atoms with E-state index in [-0.39, 0.29) is 17.2 Å². The van der Waals surface area contributed by atoms with Crippen LogP contribution < -0.4 is 4.90 Å². The van der Waals surface area contributed by atoms with E-state index in [0.717, 1.165) is 33.6 Å². The molecule has 0 unspecified atom stereocenters. The molecule has 8 nitrogen and oxygen atoms in total. The number of aromatic carboxylic acids is 1. The third kappa shape index (κ3) is 3.95. The maximum atomic E-state index is 11.8. The van der Waals surface area contributed by atoms with Gasteiger partial charge in [0.15, 0.2) is 21.2 Å². The van der Waals surface area contributed by atoms with Crippen molar-refractivity contribution in [3.63, 3.8) is 0 Å². The molecule has 0 saturated carbocycles. The van der Waals surface area contributed by atoms with Crippen LogP contribution in [-0.4, -0.2) is 58.9 Å². The van der Waals surface area contributed by atoms with Gasteiger partial charge in [0.25, 0.3) is 0 Å². The molecule has 33 heavy (non-hydrogen) atoms. The maximum Gasteiger partial charge on any atom is 0.354 e. The van der Waals surface area contributed by atoms with Crippen molar-refractivity contribution in [2.45, 2.75) is 6.92 Å². The van der Waals surface area contributed by atoms with Crippen LogP contribution in [0.25, 0.3) is 27.8 Å². The second-order valence-electron chi connectivity index (χ2n) is 8.08. The predicted octanol–water partition coefficient (Wildman–Crippen LogP) is 3.33. The van der Waals surface area contributed by atoms with E-state index in [1.165, 1.54) is 0 Å². The number of rotatable bonds is 4. The summed E-state index contributed by atoms with van der Waals surface area (Å²) in [4.78, 5) is 18.3. The molecule has 0 atom stereocenters. The monoisotopic (exact) mass is 462 g/mol. The van der Waals surface area contributed by atoms with E-state index in [9.17, 15) is 18.3 Å². The van der Waals surface area contributed by atoms with Gasteiger partial charge < -0.3 is 10.0 Å². The van der Waals surface area contributed by atoms with Crippen LogP contribution in [0.3, 0.4) is 0 Å². The van der Waals surface area contributed by atoms with Gasteiger partial charge in [-0.1, -0.05) is 30.3 Å². The third-order valence-corrected chi connectivity index (χ3v) is 7.53. The van der Waals surface area contributed by atoms with Crippen molar-refractivity contribution >= 4 is 32.5 Å². The molecule has 1 aliphatic heterocycles. The number of para-hydroxylation sites is 1. The summed E-state index contributed by atoms with van der Waals surface area (Å²) in [5, 5.41) is 15.1. The van der Waals surface area contributed by atoms with E-state index in [4.69, 9.17) is 0 Å². The normalized spacial score (nSPS) is 15.6. The van der Waals surface area contributed by atoms with Crippen LogP contribution in [0.15, 0.2) is 60.7 Å². The van der Waals surface area contributed by atoms with Gasteiger partial charge in [-0.15, -0.1) is 0 Å². The van der Waals surface area contributed by atoms with Crippen LogP contribution >= 0.6 is 0 Å². The van der Waals surface area contributed by atoms with Gasteiger partial charge in [0.1, 0.15) is 0 Å². The summed E-state index contributed by atoms with van der Waals surface area (Å²) in [6.07, 6.45) is 0. The zero-order chi connectivity index (χ0) is 23.2. The summed E-state index contributed by atoms with van der Waals surface area (Å²) < 4.78 is 25.1. The second kappa shape index (κ2) is 8.00. The molecular weight excluding hydrogens is 440 g/mol. The van der Waals surface area contributed by atoms with E-state index in [1.54, 1.807) is 10.7 Å². The molecule has 2 aromatic heterocycles. The van der Waals surface area contributed by atoms with Crippen LogP contribution in [0.1, 0.15) is 16.2 Å². The maximum absolute atomic E-state index is 11.8. The number of carboxylic acids is 1. The van der Waals surface area contributed by atoms with Crippen LogP contribution in [0, 0.1) is 6.92 Å². The molecule has 9 heteroatoms. The standard InChI is InChI=1S/C24H22N4O4S/c1-16-22-20(17-7-9-18(10-8-17)27-11-13-33(31,32)14-12-27)15-21(24(29)30)25-23(22)28(26-16)19-5-3-2-4-6-19/h2-10,15H,11-14H2,1H3,(H,29,30). The molecule has 1 N–H and O–H groups in total. The Bertz CT molecular complexity index is 1450. The zero-order valence-corrected chi connectivity index (χ0v) is 18.8. The molecule has 0 radical (unpaired) electrons. The number of aryl methyl sites for hydroxylation is 1. The third-order valence-electron chi connectivity index (χ3n) is 5.92. The molecule has 0 amide bonds. The zero-order valence-electron chi connectivity index (χ0n) is 18.0. The van der Waals surface area contributed by atoms with Crippen LogP contribution in [0.2, 0.25) is 0 Å². The number of pyridine rings is 1. The van der Waals surface area contributed by atoms with Crippen molar-refractivity contribution in [1.82, 2.24) is 14.8 Å². The van der Waals surface area contributed by atoms with Gasteiger partial charge in [-0.2, -0.15) is 5.10 Å². The first-order valence-corrected chi connectivity index (χ1v) is 12.4. The van der Waals surface area contributed by atoms with Crippen molar-refractivity contribution in [3.8, 4) is 16.8 Å². The highest BCUT2D eigenvalue weighted by Crippen LogP contribution is 2.33. The van der Waals surface area contributed by atoms with E-state index in [2.05, 4.69) is 10.1 Å². The summed E-state index contributed by atoms with van der Waals surface area (Å²) in [6.45, 7) is 2.82. The van der Waals surface area contributed by atoms with E-state index >= 15 is 0 Å². The Morgan fingerprint density at radius 1 is 0.970 bits per heavy atom. The van der Waals surface area contributed by atoms with Gasteiger partial charge in [-0.05, 0) is 48.4 Å². The highest BCUT2D eigenvalue weighted by molar-refractivity contribution is 7.91. The first-order chi connectivity index (χ1) is 15.8. The Morgan fingerprint density at radius 3 is 2.27 bits per heavy atom. The topological polar surface area (TPSA) is 105 Å². The van der Waals surface area contributed by atoms with Gasteiger partial charge >= 0.3 is 5.97 Å². The number of fused-ring (bicyclic) bond motifs is 1. The largest absolute Gasteiger partial charge is 0.477 e. The molecule has 0 aliphatic carbocycles. The first-order valence-electron chi connectivity index (χ1n) is 10.6. The minimum Gasteiger partial charge on any atom is -0.477 e. The molecule has 0 spiro atoms. The van der Waals surface area contributed by atoms with Crippen LogP contribution in [0.5, 0.6) is 0 Å². The quantitative estimate of drug-likeness (QED) is 0.496. The molecule has 1 saturated heterocycles. The number of benzene rings is 2. The molecule has 1 fully saturated rings. The molecule has 0 bridgehead atoms. The highest BCUT2D eigenvalue weighted by atomic mass is 32.2. The smallest absolute Gasteiger partial charge is 0.354 e. The number of anilines is 1. The molecule has 1 aliphatic rings. The van der Waals surface area contributed by atoms with E-state index in [1.807, 2.05) is 66.4 Å². The molecule has 2 aromatic carbocycles. The lowest BCUT2D eigenvalue weighted by Gasteiger charge is -2.28. The number of aromatic nitrogens is 3. The minimum absolute atomic E-state index is 0.0557. The Labute approximate surface area is 191 Å². The van der Waals surface area contributed by atoms with Gasteiger partial charge in [0, 0.05) is 18.8 Å². The Balaban J connectivity index is 1.60. The molecule has 5 rings (SSSR count). The molecular formula is C24H22N4O4S. The van der Waals surface area contributed by atoms with Crippen molar-refractivity contribution in [2.75, 3.05) is 29.5 Å². The second-order valence-corrected chi connectivity index (χ2v) is 10.4. The van der Waals surface area contributed by atoms with E-state index < -0.39 is 15.8 Å². The molecule has 4 aromatic rings. The van der Waals surface area contributed by atoms with E-state index in [0.29, 0.717) is 18.7 Å². The molecule has 168 valence electrons. The van der Waals surface area contributed by atoms with Crippen molar-refractivity contribution in [2.24, 2.45) is 0 Å². The highest BCUT2D eigenvalue weighted by Gasteiger charge is 2.23. The number of carbonyl (C=O) groups is 1. The predicted molar refractivity (Wildman–Crippen MR) is 127 cm³/mol. The number of carboxylic acid groups (broad SMARTS) is 1. The van der Waals surface area contributed by atoms with Crippen molar-refractivity contribution < 1.29 is 18.3 Å². The number of sulfone groups is 1. The Morgan fingerprint density at radius 2 is 1.64 bits per heavy atom. The fourth-order valence-electron chi connectivity index (χ4n) is 4.20. The van der Waals surface area contributed by atoms with Gasteiger partial charge in [0.05, 0.1) is 28.3 Å². The lowest BCUT2D eigenvalue weighted by Crippen LogP contribution is -2.40. The fourth-order valence-corrected chi connectivity index (χ4v) is 5.40. The van der Waals surface area contributed by atoms with Gasteiger partial charge in [0.2, 0.25) is 0 Å². The summed E-state index contributed by atoms with van der Waals surface area (Å²) >= 11 is 0. The van der Waals surface area contributed by atoms with Crippen molar-refractivity contribution in [3.05, 3.63) is 72.1 Å².